The molecule has 0 bridgehead atoms. The summed E-state index contributed by atoms with van der Waals surface area (Å²) in [5.41, 5.74) is 34.0. The van der Waals surface area contributed by atoms with Gasteiger partial charge in [-0.05, 0) is 92.3 Å². The second kappa shape index (κ2) is 14.1. The zero-order valence-corrected chi connectivity index (χ0v) is 44.1. The zero-order valence-electron chi connectivity index (χ0n) is 44.1. The fourth-order valence-electron chi connectivity index (χ4n) is 17.6. The van der Waals surface area contributed by atoms with E-state index in [1.807, 2.05) is 0 Å². The molecule has 22 rings (SSSR count). The second-order valence-corrected chi connectivity index (χ2v) is 23.7. The third kappa shape index (κ3) is 4.48. The number of nitrogens with zero attached hydrogens (tertiary/aromatic N) is 5. The number of aromatic nitrogens is 5. The van der Waals surface area contributed by atoms with Crippen LogP contribution >= 0.6 is 0 Å². The number of fused-ring (bicyclic) bond motifs is 27. The van der Waals surface area contributed by atoms with Crippen LogP contribution in [0.5, 0.6) is 0 Å². The van der Waals surface area contributed by atoms with E-state index in [9.17, 15) is 0 Å². The minimum atomic E-state index is -0.134. The van der Waals surface area contributed by atoms with Crippen molar-refractivity contribution in [3.05, 3.63) is 270 Å². The fraction of sp³-hybridized carbons (Fsp3) is 0.0263. The molecule has 374 valence electrons. The maximum Gasteiger partial charge on any atom is 0.333 e. The van der Waals surface area contributed by atoms with Crippen molar-refractivity contribution in [2.24, 2.45) is 0 Å². The molecule has 0 saturated carbocycles. The Bertz CT molecular complexity index is 5900. The van der Waals surface area contributed by atoms with Gasteiger partial charge in [0.2, 0.25) is 0 Å². The summed E-state index contributed by atoms with van der Waals surface area (Å²) in [6, 6.07) is 92.8. The van der Waals surface area contributed by atoms with Crippen LogP contribution in [-0.2, 0) is 0 Å². The average Bonchev–Trinajstić information content (AvgIpc) is 1.74. The number of rotatable bonds is 2. The van der Waals surface area contributed by atoms with Gasteiger partial charge in [0.1, 0.15) is 0 Å². The lowest BCUT2D eigenvalue weighted by Crippen LogP contribution is -2.55. The van der Waals surface area contributed by atoms with Gasteiger partial charge in [-0.2, -0.15) is 0 Å². The molecule has 2 unspecified atom stereocenters. The van der Waals surface area contributed by atoms with E-state index in [1.54, 1.807) is 0 Å². The summed E-state index contributed by atoms with van der Waals surface area (Å²) in [5.74, 6) is 0.0884. The fourth-order valence-corrected chi connectivity index (χ4v) is 17.6. The van der Waals surface area contributed by atoms with Crippen molar-refractivity contribution in [1.82, 2.24) is 22.7 Å². The van der Waals surface area contributed by atoms with Gasteiger partial charge in [0.05, 0.1) is 61.4 Å². The maximum atomic E-state index is 2.85. The van der Waals surface area contributed by atoms with Crippen LogP contribution in [0.15, 0.2) is 243 Å². The molecule has 9 heterocycles. The van der Waals surface area contributed by atoms with Crippen molar-refractivity contribution in [2.45, 2.75) is 12.0 Å². The standard InChI is InChI=1S/C76H42BN5/c1-3-19-41(20-4-1)63-45-25-7-8-26-46(45)64-55(63)39-60-68-66(64)50-30-16-33-53-71(50)81(74(68)52-32-15-28-47-43-23-9-12-36-57(43)79(60)70(47)52)75-54-34-17-31-51-67-65-49-27-11-14-38-59(49)78(42-21-5-2-6-22-42)61(65)40-62-69(67)77(82(72(51)54)76(53)75)56-35-18-29-48-44-24-10-13-37-58(44)80(62)73(48)56/h1-40,63,74H. The third-order valence-electron chi connectivity index (χ3n) is 20.3. The first-order chi connectivity index (χ1) is 40.8. The predicted octanol–water partition coefficient (Wildman–Crippen LogP) is 17.1. The van der Waals surface area contributed by atoms with Crippen molar-refractivity contribution >= 4 is 116 Å². The van der Waals surface area contributed by atoms with Crippen LogP contribution in [0.25, 0.3) is 149 Å². The molecule has 0 amide bonds. The van der Waals surface area contributed by atoms with Crippen molar-refractivity contribution in [3.63, 3.8) is 0 Å². The normalized spacial score (nSPS) is 15.5. The molecule has 12 aromatic carbocycles. The summed E-state index contributed by atoms with van der Waals surface area (Å²) in [7, 11) is 0. The molecule has 0 fully saturated rings. The monoisotopic (exact) mass is 1040 g/mol. The van der Waals surface area contributed by atoms with E-state index in [1.165, 1.54) is 182 Å². The first-order valence-corrected chi connectivity index (χ1v) is 29.0. The molecule has 0 N–H and O–H groups in total. The van der Waals surface area contributed by atoms with E-state index < -0.39 is 0 Å². The summed E-state index contributed by atoms with van der Waals surface area (Å²) >= 11 is 0. The van der Waals surface area contributed by atoms with Gasteiger partial charge in [-0.3, -0.25) is 0 Å². The highest BCUT2D eigenvalue weighted by molar-refractivity contribution is 6.90. The van der Waals surface area contributed by atoms with E-state index in [2.05, 4.69) is 265 Å². The third-order valence-corrected chi connectivity index (χ3v) is 20.3. The Morgan fingerprint density at radius 3 is 1.68 bits per heavy atom. The van der Waals surface area contributed by atoms with Crippen LogP contribution in [0.4, 0.5) is 0 Å². The first-order valence-electron chi connectivity index (χ1n) is 29.0. The van der Waals surface area contributed by atoms with Gasteiger partial charge in [-0.15, -0.1) is 0 Å². The van der Waals surface area contributed by atoms with Crippen molar-refractivity contribution in [2.75, 3.05) is 0 Å². The first kappa shape index (κ1) is 41.5. The van der Waals surface area contributed by atoms with Gasteiger partial charge < -0.3 is 22.7 Å². The van der Waals surface area contributed by atoms with Crippen molar-refractivity contribution in [1.29, 1.82) is 0 Å². The molecule has 2 atom stereocenters. The quantitative estimate of drug-likeness (QED) is 0.154. The molecule has 0 saturated heterocycles. The number of hydrogen-bond acceptors (Lipinski definition) is 0. The highest BCUT2D eigenvalue weighted by atomic mass is 15.1. The molecule has 0 radical (unpaired) electrons. The highest BCUT2D eigenvalue weighted by Crippen LogP contribution is 2.62. The van der Waals surface area contributed by atoms with Gasteiger partial charge in [0.15, 0.2) is 0 Å². The van der Waals surface area contributed by atoms with Crippen LogP contribution in [0.3, 0.4) is 0 Å². The van der Waals surface area contributed by atoms with E-state index in [0.717, 1.165) is 5.69 Å². The van der Waals surface area contributed by atoms with E-state index in [0.29, 0.717) is 0 Å². The summed E-state index contributed by atoms with van der Waals surface area (Å²) < 4.78 is 13.5. The Kier molecular flexibility index (Phi) is 7.11. The number of hydrogen-bond donors (Lipinski definition) is 0. The second-order valence-electron chi connectivity index (χ2n) is 23.7. The molecule has 82 heavy (non-hydrogen) atoms. The largest absolute Gasteiger partial charge is 0.374 e. The van der Waals surface area contributed by atoms with Gasteiger partial charge >= 0.3 is 6.85 Å². The molecular formula is C76H42BN5. The lowest BCUT2D eigenvalue weighted by atomic mass is 9.45. The molecular weight excluding hydrogens is 994 g/mol. The van der Waals surface area contributed by atoms with Gasteiger partial charge in [-0.25, -0.2) is 0 Å². The molecule has 6 heteroatoms. The predicted molar refractivity (Wildman–Crippen MR) is 339 cm³/mol. The van der Waals surface area contributed by atoms with Crippen molar-refractivity contribution in [3.8, 4) is 50.4 Å². The average molecular weight is 1040 g/mol. The van der Waals surface area contributed by atoms with Crippen LogP contribution in [-0.4, -0.2) is 29.6 Å². The molecule has 5 nitrogen and oxygen atoms in total. The Morgan fingerprint density at radius 1 is 0.329 bits per heavy atom. The van der Waals surface area contributed by atoms with Crippen LogP contribution in [0, 0.1) is 0 Å². The smallest absolute Gasteiger partial charge is 0.333 e. The summed E-state index contributed by atoms with van der Waals surface area (Å²) in [6.07, 6.45) is 0. The highest BCUT2D eigenvalue weighted by Gasteiger charge is 2.48. The lowest BCUT2D eigenvalue weighted by molar-refractivity contribution is 0.710. The Morgan fingerprint density at radius 2 is 0.902 bits per heavy atom. The van der Waals surface area contributed by atoms with Gasteiger partial charge in [0.25, 0.3) is 0 Å². The molecule has 0 spiro atoms. The molecule has 5 aliphatic rings. The molecule has 17 aromatic rings. The minimum Gasteiger partial charge on any atom is -0.374 e. The van der Waals surface area contributed by atoms with Crippen LogP contribution in [0.2, 0.25) is 0 Å². The van der Waals surface area contributed by atoms with E-state index in [-0.39, 0.29) is 18.8 Å². The van der Waals surface area contributed by atoms with E-state index >= 15 is 0 Å². The van der Waals surface area contributed by atoms with Crippen LogP contribution in [0.1, 0.15) is 39.8 Å². The lowest BCUT2D eigenvalue weighted by Gasteiger charge is -2.37. The molecule has 5 aromatic heterocycles. The van der Waals surface area contributed by atoms with E-state index in [4.69, 9.17) is 0 Å². The Labute approximate surface area is 469 Å². The topological polar surface area (TPSA) is 24.6 Å². The van der Waals surface area contributed by atoms with Gasteiger partial charge in [0, 0.05) is 88.2 Å². The Balaban J connectivity index is 0.955. The molecule has 4 aliphatic heterocycles. The van der Waals surface area contributed by atoms with Gasteiger partial charge in [-0.1, -0.05) is 200 Å². The summed E-state index contributed by atoms with van der Waals surface area (Å²) in [4.78, 5) is 0. The number of para-hydroxylation sites is 8. The number of benzene rings is 12. The zero-order chi connectivity index (χ0) is 52.5. The summed E-state index contributed by atoms with van der Waals surface area (Å²) in [6.45, 7) is -0.134. The maximum absolute atomic E-state index is 2.85. The SMILES string of the molecule is c1ccc(C2c3ccccc3-c3c2cc2c4c3-c3cccc5c6c(c7cccc8c7n6B6c7c(cc9c(c7-8)c7ccccc7n9-c7ccccc7)-n7c8ccccc8c8cccc6c87)n(c35)C4c3cccc4c5ccccc5n-2c34)cc1. The molecule has 1 aliphatic carbocycles. The Hall–Kier alpha value is -10.6. The summed E-state index contributed by atoms with van der Waals surface area (Å²) in [5, 5.41) is 10.3. The van der Waals surface area contributed by atoms with Crippen molar-refractivity contribution < 1.29 is 0 Å². The minimum absolute atomic E-state index is 0.0884. The van der Waals surface area contributed by atoms with Crippen LogP contribution < -0.4 is 10.9 Å².